The van der Waals surface area contributed by atoms with Crippen molar-refractivity contribution < 1.29 is 4.79 Å². The van der Waals surface area contributed by atoms with Gasteiger partial charge in [-0.25, -0.2) is 4.85 Å². The Morgan fingerprint density at radius 2 is 1.91 bits per heavy atom. The minimum Gasteiger partial charge on any atom is -0.358 e. The Bertz CT molecular complexity index is 1200. The van der Waals surface area contributed by atoms with E-state index in [1.165, 1.54) is 6.42 Å². The summed E-state index contributed by atoms with van der Waals surface area (Å²) in [6.45, 7) is 7.79. The van der Waals surface area contributed by atoms with Crippen LogP contribution in [0.3, 0.4) is 0 Å². The van der Waals surface area contributed by atoms with Crippen molar-refractivity contribution in [2.75, 3.05) is 17.2 Å². The van der Waals surface area contributed by atoms with Gasteiger partial charge in [-0.2, -0.15) is 9.97 Å². The van der Waals surface area contributed by atoms with E-state index in [0.717, 1.165) is 31.2 Å². The molecule has 2 aromatic heterocycles. The van der Waals surface area contributed by atoms with Crippen LogP contribution in [0.1, 0.15) is 37.7 Å². The number of rotatable bonds is 9. The molecule has 3 aromatic rings. The summed E-state index contributed by atoms with van der Waals surface area (Å²) in [6.07, 6.45) is 14.6. The highest BCUT2D eigenvalue weighted by atomic mass is 16.2. The van der Waals surface area contributed by atoms with Crippen LogP contribution in [-0.4, -0.2) is 33.0 Å². The normalized spacial score (nSPS) is 14.3. The molecule has 1 saturated carbocycles. The Kier molecular flexibility index (Phi) is 7.98. The SMILES string of the molecule is [C-]#[N+]c1ccc(CNC(=O)[C@H](Nc2cc(-n3cccc3)nc(NCC#C)n2)C2CCCCC2)cc1. The Labute approximate surface area is 206 Å². The number of nitrogens with one attached hydrogen (secondary N) is 3. The number of nitrogens with zero attached hydrogens (tertiary/aromatic N) is 4. The van der Waals surface area contributed by atoms with Crippen molar-refractivity contribution in [3.05, 3.63) is 71.8 Å². The van der Waals surface area contributed by atoms with E-state index in [0.29, 0.717) is 36.4 Å². The van der Waals surface area contributed by atoms with Crippen LogP contribution >= 0.6 is 0 Å². The lowest BCUT2D eigenvalue weighted by Gasteiger charge is -2.30. The minimum atomic E-state index is -0.425. The highest BCUT2D eigenvalue weighted by Gasteiger charge is 2.30. The van der Waals surface area contributed by atoms with E-state index in [4.69, 9.17) is 13.0 Å². The molecule has 1 aliphatic carbocycles. The first-order chi connectivity index (χ1) is 17.2. The summed E-state index contributed by atoms with van der Waals surface area (Å²) >= 11 is 0. The molecule has 0 aliphatic heterocycles. The molecule has 0 unspecified atom stereocenters. The van der Waals surface area contributed by atoms with Crippen molar-refractivity contribution >= 4 is 23.4 Å². The molecule has 8 nitrogen and oxygen atoms in total. The van der Waals surface area contributed by atoms with Gasteiger partial charge < -0.3 is 20.5 Å². The molecule has 1 amide bonds. The van der Waals surface area contributed by atoms with E-state index in [1.807, 2.05) is 47.3 Å². The van der Waals surface area contributed by atoms with Gasteiger partial charge in [0.25, 0.3) is 0 Å². The summed E-state index contributed by atoms with van der Waals surface area (Å²) in [5.41, 5.74) is 1.53. The molecule has 4 rings (SSSR count). The maximum absolute atomic E-state index is 13.4. The van der Waals surface area contributed by atoms with Crippen LogP contribution in [0.25, 0.3) is 10.7 Å². The molecular formula is C27H29N7O. The van der Waals surface area contributed by atoms with Crippen molar-refractivity contribution in [1.82, 2.24) is 19.9 Å². The number of hydrogen-bond acceptors (Lipinski definition) is 5. The zero-order valence-corrected chi connectivity index (χ0v) is 19.6. The lowest BCUT2D eigenvalue weighted by atomic mass is 9.83. The first-order valence-corrected chi connectivity index (χ1v) is 11.9. The van der Waals surface area contributed by atoms with Gasteiger partial charge in [-0.05, 0) is 36.5 Å². The molecule has 0 radical (unpaired) electrons. The van der Waals surface area contributed by atoms with E-state index >= 15 is 0 Å². The molecule has 0 spiro atoms. The third kappa shape index (κ3) is 6.39. The Morgan fingerprint density at radius 1 is 1.17 bits per heavy atom. The monoisotopic (exact) mass is 467 g/mol. The largest absolute Gasteiger partial charge is 0.358 e. The van der Waals surface area contributed by atoms with E-state index in [1.54, 1.807) is 12.1 Å². The highest BCUT2D eigenvalue weighted by Crippen LogP contribution is 2.29. The fourth-order valence-corrected chi connectivity index (χ4v) is 4.35. The molecule has 35 heavy (non-hydrogen) atoms. The van der Waals surface area contributed by atoms with Gasteiger partial charge in [0.2, 0.25) is 11.9 Å². The maximum atomic E-state index is 13.4. The Hall–Kier alpha value is -4.30. The predicted octanol–water partition coefficient (Wildman–Crippen LogP) is 4.54. The molecule has 8 heteroatoms. The average Bonchev–Trinajstić information content (AvgIpc) is 3.45. The summed E-state index contributed by atoms with van der Waals surface area (Å²) < 4.78 is 1.89. The number of carbonyl (C=O) groups is 1. The fraction of sp³-hybridized carbons (Fsp3) is 0.333. The fourth-order valence-electron chi connectivity index (χ4n) is 4.35. The van der Waals surface area contributed by atoms with Crippen molar-refractivity contribution in [3.8, 4) is 18.2 Å². The Morgan fingerprint density at radius 3 is 2.60 bits per heavy atom. The molecule has 0 saturated heterocycles. The minimum absolute atomic E-state index is 0.0644. The van der Waals surface area contributed by atoms with Gasteiger partial charge in [-0.3, -0.25) is 4.79 Å². The summed E-state index contributed by atoms with van der Waals surface area (Å²) in [6, 6.07) is 12.5. The molecular weight excluding hydrogens is 438 g/mol. The number of hydrogen-bond donors (Lipinski definition) is 3. The predicted molar refractivity (Wildman–Crippen MR) is 137 cm³/mol. The van der Waals surface area contributed by atoms with Gasteiger partial charge in [0.1, 0.15) is 17.7 Å². The Balaban J connectivity index is 1.55. The first kappa shape index (κ1) is 23.8. The van der Waals surface area contributed by atoms with E-state index < -0.39 is 6.04 Å². The third-order valence-corrected chi connectivity index (χ3v) is 6.17. The molecule has 2 heterocycles. The molecule has 178 valence electrons. The second kappa shape index (κ2) is 11.7. The van der Waals surface area contributed by atoms with Gasteiger partial charge in [0.15, 0.2) is 5.69 Å². The van der Waals surface area contributed by atoms with E-state index in [-0.39, 0.29) is 11.8 Å². The second-order valence-electron chi connectivity index (χ2n) is 8.60. The number of benzene rings is 1. The lowest BCUT2D eigenvalue weighted by molar-refractivity contribution is -0.123. The number of amides is 1. The molecule has 3 N–H and O–H groups in total. The molecule has 1 aliphatic rings. The molecule has 1 fully saturated rings. The quantitative estimate of drug-likeness (QED) is 0.318. The topological polar surface area (TPSA) is 88.2 Å². The zero-order chi connectivity index (χ0) is 24.5. The first-order valence-electron chi connectivity index (χ1n) is 11.9. The smallest absolute Gasteiger partial charge is 0.243 e. The maximum Gasteiger partial charge on any atom is 0.243 e. The van der Waals surface area contributed by atoms with Crippen LogP contribution in [-0.2, 0) is 11.3 Å². The van der Waals surface area contributed by atoms with Gasteiger partial charge >= 0.3 is 0 Å². The van der Waals surface area contributed by atoms with Crippen LogP contribution in [0.5, 0.6) is 0 Å². The van der Waals surface area contributed by atoms with Crippen molar-refractivity contribution in [1.29, 1.82) is 0 Å². The number of terminal acetylenes is 1. The van der Waals surface area contributed by atoms with Crippen molar-refractivity contribution in [2.24, 2.45) is 5.92 Å². The van der Waals surface area contributed by atoms with Crippen LogP contribution in [0.15, 0.2) is 54.9 Å². The van der Waals surface area contributed by atoms with Crippen molar-refractivity contribution in [3.63, 3.8) is 0 Å². The number of carbonyl (C=O) groups excluding carboxylic acids is 1. The highest BCUT2D eigenvalue weighted by molar-refractivity contribution is 5.84. The zero-order valence-electron chi connectivity index (χ0n) is 19.6. The standard InChI is InChI=1S/C27H29N7O/c1-3-15-29-27-32-23(18-24(33-27)34-16-7-8-17-34)31-25(21-9-5-4-6-10-21)26(35)30-19-20-11-13-22(28-2)14-12-20/h1,7-8,11-14,16-18,21,25H,4-6,9-10,15,19H2,(H,30,35)(H2,29,31,32,33)/t25-/m1/s1. The molecule has 1 atom stereocenters. The summed E-state index contributed by atoms with van der Waals surface area (Å²) in [5.74, 6) is 4.33. The van der Waals surface area contributed by atoms with Gasteiger partial charge in [0.05, 0.1) is 13.1 Å². The van der Waals surface area contributed by atoms with E-state index in [2.05, 4.69) is 36.7 Å². The van der Waals surface area contributed by atoms with Crippen LogP contribution < -0.4 is 16.0 Å². The number of anilines is 2. The van der Waals surface area contributed by atoms with E-state index in [9.17, 15) is 4.79 Å². The van der Waals surface area contributed by atoms with Crippen molar-refractivity contribution in [2.45, 2.75) is 44.7 Å². The van der Waals surface area contributed by atoms with Crippen LogP contribution in [0, 0.1) is 24.8 Å². The second-order valence-corrected chi connectivity index (χ2v) is 8.60. The van der Waals surface area contributed by atoms with Crippen LogP contribution in [0.4, 0.5) is 17.5 Å². The van der Waals surface area contributed by atoms with Gasteiger partial charge in [-0.1, -0.05) is 49.4 Å². The van der Waals surface area contributed by atoms with Crippen LogP contribution in [0.2, 0.25) is 0 Å². The summed E-state index contributed by atoms with van der Waals surface area (Å²) in [5, 5.41) is 9.53. The van der Waals surface area contributed by atoms with Gasteiger partial charge in [-0.15, -0.1) is 6.42 Å². The van der Waals surface area contributed by atoms with Gasteiger partial charge in [0, 0.05) is 25.0 Å². The third-order valence-electron chi connectivity index (χ3n) is 6.17. The molecule has 1 aromatic carbocycles. The number of aromatic nitrogens is 3. The average molecular weight is 468 g/mol. The summed E-state index contributed by atoms with van der Waals surface area (Å²) in [7, 11) is 0. The molecule has 0 bridgehead atoms. The lowest BCUT2D eigenvalue weighted by Crippen LogP contribution is -2.45. The summed E-state index contributed by atoms with van der Waals surface area (Å²) in [4.78, 5) is 26.0.